The number of benzene rings is 2. The van der Waals surface area contributed by atoms with Gasteiger partial charge in [-0.15, -0.1) is 0 Å². The molecule has 0 aliphatic carbocycles. The third-order valence-electron chi connectivity index (χ3n) is 5.07. The number of pyridine rings is 1. The van der Waals surface area contributed by atoms with Gasteiger partial charge in [0.25, 0.3) is 5.91 Å². The van der Waals surface area contributed by atoms with Crippen LogP contribution < -0.4 is 29.7 Å². The molecule has 0 aliphatic rings. The molecule has 174 valence electrons. The number of carbonyl (C=O) groups excluding carboxylic acids is 1. The molecule has 33 heavy (non-hydrogen) atoms. The Morgan fingerprint density at radius 3 is 2.12 bits per heavy atom. The fraction of sp³-hybridized carbons (Fsp3) is 0.280. The molecule has 0 fully saturated rings. The predicted octanol–water partition coefficient (Wildman–Crippen LogP) is 3.66. The number of nitrogens with one attached hydrogen (secondary N) is 1. The van der Waals surface area contributed by atoms with Gasteiger partial charge in [0.15, 0.2) is 11.9 Å². The molecule has 1 atom stereocenters. The molecule has 3 rings (SSSR count). The van der Waals surface area contributed by atoms with Gasteiger partial charge in [-0.1, -0.05) is 0 Å². The minimum atomic E-state index is -0.870. The zero-order chi connectivity index (χ0) is 23.8. The van der Waals surface area contributed by atoms with E-state index in [1.54, 1.807) is 58.5 Å². The number of nitrogens with zero attached hydrogens (tertiary/aromatic N) is 1. The number of anilines is 1. The van der Waals surface area contributed by atoms with Gasteiger partial charge in [0.05, 0.1) is 26.5 Å². The van der Waals surface area contributed by atoms with Crippen molar-refractivity contribution in [2.45, 2.75) is 26.5 Å². The van der Waals surface area contributed by atoms with Gasteiger partial charge in [-0.3, -0.25) is 9.59 Å². The van der Waals surface area contributed by atoms with E-state index in [1.165, 1.54) is 6.07 Å². The Bertz CT molecular complexity index is 1120. The molecule has 8 heteroatoms. The van der Waals surface area contributed by atoms with Gasteiger partial charge in [0, 0.05) is 18.0 Å². The highest BCUT2D eigenvalue weighted by Crippen LogP contribution is 2.19. The zero-order valence-electron chi connectivity index (χ0n) is 19.2. The lowest BCUT2D eigenvalue weighted by molar-refractivity contribution is -0.122. The van der Waals surface area contributed by atoms with Gasteiger partial charge < -0.3 is 28.8 Å². The van der Waals surface area contributed by atoms with Crippen molar-refractivity contribution >= 4 is 11.6 Å². The van der Waals surface area contributed by atoms with Gasteiger partial charge in [-0.2, -0.15) is 0 Å². The van der Waals surface area contributed by atoms with Crippen molar-refractivity contribution < 1.29 is 23.7 Å². The standard InChI is InChI=1S/C25H28N2O6/c1-17-24(33-18(2)25(29)26-19-5-7-20(30-3)8-6-19)23(28)13-14-27(17)15-16-32-22-11-9-21(31-4)10-12-22/h5-14,18H,15-16H2,1-4H3,(H,26,29). The summed E-state index contributed by atoms with van der Waals surface area (Å²) in [7, 11) is 3.18. The summed E-state index contributed by atoms with van der Waals surface area (Å²) in [4.78, 5) is 25.0. The summed E-state index contributed by atoms with van der Waals surface area (Å²) in [5, 5.41) is 2.77. The number of methoxy groups -OCH3 is 2. The van der Waals surface area contributed by atoms with Gasteiger partial charge in [-0.05, 0) is 62.4 Å². The van der Waals surface area contributed by atoms with Crippen molar-refractivity contribution in [2.24, 2.45) is 0 Å². The number of amides is 1. The van der Waals surface area contributed by atoms with E-state index in [2.05, 4.69) is 5.32 Å². The molecule has 1 amide bonds. The molecular weight excluding hydrogens is 424 g/mol. The van der Waals surface area contributed by atoms with E-state index in [0.29, 0.717) is 30.3 Å². The minimum Gasteiger partial charge on any atom is -0.497 e. The van der Waals surface area contributed by atoms with Crippen molar-refractivity contribution in [2.75, 3.05) is 26.1 Å². The lowest BCUT2D eigenvalue weighted by atomic mass is 10.2. The van der Waals surface area contributed by atoms with Crippen LogP contribution in [0.4, 0.5) is 5.69 Å². The number of aromatic nitrogens is 1. The number of carbonyl (C=O) groups is 1. The third kappa shape index (κ3) is 6.29. The summed E-state index contributed by atoms with van der Waals surface area (Å²) in [5.41, 5.74) is 0.933. The van der Waals surface area contributed by atoms with Crippen molar-refractivity contribution in [3.63, 3.8) is 0 Å². The Hall–Kier alpha value is -3.94. The first-order chi connectivity index (χ1) is 15.9. The Labute approximate surface area is 192 Å². The molecule has 1 unspecified atom stereocenters. The fourth-order valence-corrected chi connectivity index (χ4v) is 3.12. The molecule has 0 radical (unpaired) electrons. The minimum absolute atomic E-state index is 0.138. The van der Waals surface area contributed by atoms with E-state index < -0.39 is 6.10 Å². The largest absolute Gasteiger partial charge is 0.497 e. The van der Waals surface area contributed by atoms with Crippen LogP contribution in [0, 0.1) is 6.92 Å². The average Bonchev–Trinajstić information content (AvgIpc) is 2.83. The predicted molar refractivity (Wildman–Crippen MR) is 126 cm³/mol. The molecule has 2 aromatic carbocycles. The second-order valence-electron chi connectivity index (χ2n) is 7.29. The summed E-state index contributed by atoms with van der Waals surface area (Å²) in [6.07, 6.45) is 0.814. The van der Waals surface area contributed by atoms with Crippen LogP contribution in [0.3, 0.4) is 0 Å². The lowest BCUT2D eigenvalue weighted by Gasteiger charge is -2.19. The molecule has 0 saturated heterocycles. The summed E-state index contributed by atoms with van der Waals surface area (Å²) in [5.74, 6) is 1.94. The highest BCUT2D eigenvalue weighted by atomic mass is 16.5. The molecule has 3 aromatic rings. The number of ether oxygens (including phenoxy) is 4. The third-order valence-corrected chi connectivity index (χ3v) is 5.07. The first kappa shape index (κ1) is 23.7. The quantitative estimate of drug-likeness (QED) is 0.505. The summed E-state index contributed by atoms with van der Waals surface area (Å²) in [6.45, 7) is 4.27. The highest BCUT2D eigenvalue weighted by molar-refractivity contribution is 5.94. The summed E-state index contributed by atoms with van der Waals surface area (Å²) >= 11 is 0. The van der Waals surface area contributed by atoms with Crippen LogP contribution in [0.15, 0.2) is 65.6 Å². The second-order valence-corrected chi connectivity index (χ2v) is 7.29. The number of hydrogen-bond acceptors (Lipinski definition) is 6. The number of hydrogen-bond donors (Lipinski definition) is 1. The first-order valence-electron chi connectivity index (χ1n) is 10.5. The van der Waals surface area contributed by atoms with E-state index in [4.69, 9.17) is 18.9 Å². The Morgan fingerprint density at radius 2 is 1.52 bits per heavy atom. The van der Waals surface area contributed by atoms with E-state index in [1.807, 2.05) is 28.8 Å². The SMILES string of the molecule is COc1ccc(NC(=O)C(C)Oc2c(C)n(CCOc3ccc(OC)cc3)ccc2=O)cc1. The van der Waals surface area contributed by atoms with Crippen molar-refractivity contribution in [3.8, 4) is 23.0 Å². The van der Waals surface area contributed by atoms with Gasteiger partial charge in [-0.25, -0.2) is 0 Å². The Balaban J connectivity index is 1.61. The van der Waals surface area contributed by atoms with Crippen LogP contribution in [-0.4, -0.2) is 37.4 Å². The summed E-state index contributed by atoms with van der Waals surface area (Å²) in [6, 6.07) is 15.7. The Morgan fingerprint density at radius 1 is 0.939 bits per heavy atom. The van der Waals surface area contributed by atoms with Crippen LogP contribution >= 0.6 is 0 Å². The molecule has 0 bridgehead atoms. The van der Waals surface area contributed by atoms with Crippen molar-refractivity contribution in [1.82, 2.24) is 4.57 Å². The maximum atomic E-state index is 12.5. The van der Waals surface area contributed by atoms with E-state index in [0.717, 1.165) is 11.5 Å². The van der Waals surface area contributed by atoms with Crippen molar-refractivity contribution in [3.05, 3.63) is 76.7 Å². The van der Waals surface area contributed by atoms with Gasteiger partial charge >= 0.3 is 0 Å². The molecular formula is C25H28N2O6. The average molecular weight is 453 g/mol. The smallest absolute Gasteiger partial charge is 0.265 e. The van der Waals surface area contributed by atoms with E-state index in [-0.39, 0.29) is 17.1 Å². The van der Waals surface area contributed by atoms with Crippen LogP contribution in [-0.2, 0) is 11.3 Å². The second kappa shape index (κ2) is 11.1. The molecule has 0 spiro atoms. The molecule has 0 saturated carbocycles. The number of rotatable bonds is 10. The molecule has 0 aliphatic heterocycles. The molecule has 1 heterocycles. The maximum Gasteiger partial charge on any atom is 0.265 e. The monoisotopic (exact) mass is 452 g/mol. The summed E-state index contributed by atoms with van der Waals surface area (Å²) < 4.78 is 23.6. The topological polar surface area (TPSA) is 88.0 Å². The van der Waals surface area contributed by atoms with Crippen LogP contribution in [0.5, 0.6) is 23.0 Å². The van der Waals surface area contributed by atoms with Gasteiger partial charge in [0.1, 0.15) is 23.9 Å². The normalized spacial score (nSPS) is 11.4. The van der Waals surface area contributed by atoms with E-state index >= 15 is 0 Å². The van der Waals surface area contributed by atoms with Crippen LogP contribution in [0.1, 0.15) is 12.6 Å². The lowest BCUT2D eigenvalue weighted by Crippen LogP contribution is -2.32. The zero-order valence-corrected chi connectivity index (χ0v) is 19.2. The molecule has 8 nitrogen and oxygen atoms in total. The highest BCUT2D eigenvalue weighted by Gasteiger charge is 2.19. The maximum absolute atomic E-state index is 12.5. The van der Waals surface area contributed by atoms with Gasteiger partial charge in [0.2, 0.25) is 5.43 Å². The Kier molecular flexibility index (Phi) is 7.96. The molecule has 1 N–H and O–H groups in total. The first-order valence-corrected chi connectivity index (χ1v) is 10.5. The fourth-order valence-electron chi connectivity index (χ4n) is 3.12. The van der Waals surface area contributed by atoms with E-state index in [9.17, 15) is 9.59 Å². The molecule has 1 aromatic heterocycles. The van der Waals surface area contributed by atoms with Crippen molar-refractivity contribution in [1.29, 1.82) is 0 Å². The van der Waals surface area contributed by atoms with Crippen LogP contribution in [0.2, 0.25) is 0 Å². The van der Waals surface area contributed by atoms with Crippen LogP contribution in [0.25, 0.3) is 0 Å².